The minimum absolute atomic E-state index is 0.0933. The summed E-state index contributed by atoms with van der Waals surface area (Å²) < 4.78 is 16.8. The summed E-state index contributed by atoms with van der Waals surface area (Å²) in [6, 6.07) is 0. The fourth-order valence-electron chi connectivity index (χ4n) is 2.18. The first kappa shape index (κ1) is 17.1. The maximum atomic E-state index is 11.9. The Hall–Kier alpha value is -1.26. The molecule has 0 amide bonds. The second kappa shape index (κ2) is 7.84. The zero-order valence-corrected chi connectivity index (χ0v) is 13.5. The molecule has 22 heavy (non-hydrogen) atoms. The average Bonchev–Trinajstić information content (AvgIpc) is 2.83. The van der Waals surface area contributed by atoms with Gasteiger partial charge in [0.05, 0.1) is 18.3 Å². The van der Waals surface area contributed by atoms with Gasteiger partial charge in [0.25, 0.3) is 5.56 Å². The quantitative estimate of drug-likeness (QED) is 0.541. The van der Waals surface area contributed by atoms with Crippen molar-refractivity contribution in [2.45, 2.75) is 24.9 Å². The summed E-state index contributed by atoms with van der Waals surface area (Å²) in [6.07, 6.45) is 1.14. The molecule has 8 nitrogen and oxygen atoms in total. The number of rotatable bonds is 6. The first-order valence-electron chi connectivity index (χ1n) is 6.59. The number of ether oxygens (including phenoxy) is 3. The molecule has 1 saturated heterocycles. The number of aromatic nitrogens is 2. The first-order chi connectivity index (χ1) is 10.6. The number of H-pyrrole nitrogens is 1. The molecule has 1 fully saturated rings. The van der Waals surface area contributed by atoms with E-state index >= 15 is 0 Å². The van der Waals surface area contributed by atoms with Crippen LogP contribution in [0.1, 0.15) is 18.2 Å². The second-order valence-corrected chi connectivity index (χ2v) is 5.28. The predicted octanol–water partition coefficient (Wildman–Crippen LogP) is 0.171. The van der Waals surface area contributed by atoms with Crippen molar-refractivity contribution < 1.29 is 19.3 Å². The van der Waals surface area contributed by atoms with Crippen LogP contribution in [0.4, 0.5) is 0 Å². The number of aromatic amines is 1. The van der Waals surface area contributed by atoms with Crippen LogP contribution in [-0.4, -0.2) is 47.4 Å². The number of aliphatic hydroxyl groups excluding tert-OH is 1. The molecule has 0 aromatic carbocycles. The van der Waals surface area contributed by atoms with Crippen LogP contribution < -0.4 is 11.2 Å². The van der Waals surface area contributed by atoms with E-state index < -0.39 is 29.7 Å². The monoisotopic (exact) mass is 376 g/mol. The third-order valence-corrected chi connectivity index (χ3v) is 3.50. The molecule has 1 aliphatic rings. The van der Waals surface area contributed by atoms with E-state index in [0.29, 0.717) is 5.56 Å². The zero-order valence-electron chi connectivity index (χ0n) is 11.9. The zero-order chi connectivity index (χ0) is 16.1. The van der Waals surface area contributed by atoms with Crippen LogP contribution in [0.3, 0.4) is 0 Å². The highest BCUT2D eigenvalue weighted by atomic mass is 79.9. The number of hydrogen-bond donors (Lipinski definition) is 2. The van der Waals surface area contributed by atoms with Crippen LogP contribution in [0.15, 0.2) is 20.8 Å². The van der Waals surface area contributed by atoms with Gasteiger partial charge in [0.2, 0.25) is 0 Å². The molecule has 0 aliphatic carbocycles. The molecule has 0 saturated carbocycles. The van der Waals surface area contributed by atoms with Crippen LogP contribution in [0.5, 0.6) is 0 Å². The largest absolute Gasteiger partial charge is 0.390 e. The number of aliphatic hydroxyl groups is 1. The molecule has 0 bridgehead atoms. The number of methoxy groups -OCH3 is 1. The van der Waals surface area contributed by atoms with Crippen molar-refractivity contribution in [2.24, 2.45) is 0 Å². The van der Waals surface area contributed by atoms with Crippen molar-refractivity contribution in [3.8, 4) is 0 Å². The minimum atomic E-state index is -0.768. The molecule has 1 aromatic rings. The van der Waals surface area contributed by atoms with Crippen LogP contribution >= 0.6 is 15.9 Å². The lowest BCUT2D eigenvalue weighted by Gasteiger charge is -2.16. The van der Waals surface area contributed by atoms with E-state index in [1.165, 1.54) is 28.9 Å². The second-order valence-electron chi connectivity index (χ2n) is 4.75. The third-order valence-electron chi connectivity index (χ3n) is 3.24. The topological polar surface area (TPSA) is 103 Å². The maximum Gasteiger partial charge on any atom is 0.330 e. The van der Waals surface area contributed by atoms with Gasteiger partial charge in [0, 0.05) is 19.7 Å². The van der Waals surface area contributed by atoms with E-state index in [0.717, 1.165) is 0 Å². The van der Waals surface area contributed by atoms with Gasteiger partial charge in [0.15, 0.2) is 0 Å². The number of nitrogens with one attached hydrogen (secondary N) is 1. The Labute approximate surface area is 134 Å². The van der Waals surface area contributed by atoms with Crippen molar-refractivity contribution in [3.63, 3.8) is 0 Å². The smallest absolute Gasteiger partial charge is 0.330 e. The molecule has 1 aliphatic heterocycles. The molecule has 0 radical (unpaired) electrons. The average molecular weight is 377 g/mol. The van der Waals surface area contributed by atoms with Gasteiger partial charge in [-0.25, -0.2) is 4.79 Å². The van der Waals surface area contributed by atoms with E-state index in [1.807, 2.05) is 0 Å². The van der Waals surface area contributed by atoms with Gasteiger partial charge in [-0.15, -0.1) is 0 Å². The molecule has 9 heteroatoms. The summed E-state index contributed by atoms with van der Waals surface area (Å²) in [5.41, 5.74) is -0.781. The van der Waals surface area contributed by atoms with Crippen LogP contribution in [-0.2, 0) is 14.2 Å². The summed E-state index contributed by atoms with van der Waals surface area (Å²) in [6.45, 7) is 0.244. The standard InChI is InChI=1S/C13H17BrN2O6/c1-20-7-21-6-10-9(17)4-11(22-10)16-5-8(2-3-14)12(18)15-13(16)19/h2-3,5,9-11,17H,4,6-7H2,1H3,(H,15,18,19)/t9-,10+,11+/m0/s1. The van der Waals surface area contributed by atoms with Gasteiger partial charge in [-0.1, -0.05) is 15.9 Å². The highest BCUT2D eigenvalue weighted by Gasteiger charge is 2.35. The summed E-state index contributed by atoms with van der Waals surface area (Å²) in [5, 5.41) is 9.98. The summed E-state index contributed by atoms with van der Waals surface area (Å²) in [5.74, 6) is 0. The lowest BCUT2D eigenvalue weighted by molar-refractivity contribution is -0.102. The summed E-state index contributed by atoms with van der Waals surface area (Å²) in [4.78, 5) is 27.3. The normalized spacial score (nSPS) is 25.1. The Bertz CT molecular complexity index is 640. The first-order valence-corrected chi connectivity index (χ1v) is 7.50. The Balaban J connectivity index is 2.17. The maximum absolute atomic E-state index is 11.9. The number of nitrogens with zero attached hydrogens (tertiary/aromatic N) is 1. The van der Waals surface area contributed by atoms with E-state index in [2.05, 4.69) is 20.9 Å². The predicted molar refractivity (Wildman–Crippen MR) is 81.6 cm³/mol. The molecule has 122 valence electrons. The molecule has 2 N–H and O–H groups in total. The van der Waals surface area contributed by atoms with Gasteiger partial charge in [-0.05, 0) is 11.1 Å². The van der Waals surface area contributed by atoms with Crippen molar-refractivity contribution in [1.82, 2.24) is 9.55 Å². The minimum Gasteiger partial charge on any atom is -0.390 e. The third kappa shape index (κ3) is 3.93. The van der Waals surface area contributed by atoms with Crippen LogP contribution in [0.2, 0.25) is 0 Å². The molecular formula is C13H17BrN2O6. The Morgan fingerprint density at radius 1 is 1.59 bits per heavy atom. The molecule has 3 atom stereocenters. The van der Waals surface area contributed by atoms with Crippen LogP contribution in [0.25, 0.3) is 6.08 Å². The molecule has 2 rings (SSSR count). The lowest BCUT2D eigenvalue weighted by atomic mass is 10.2. The van der Waals surface area contributed by atoms with E-state index in [9.17, 15) is 14.7 Å². The number of hydrogen-bond acceptors (Lipinski definition) is 6. The van der Waals surface area contributed by atoms with E-state index in [-0.39, 0.29) is 19.8 Å². The molecular weight excluding hydrogens is 360 g/mol. The van der Waals surface area contributed by atoms with Gasteiger partial charge in [0.1, 0.15) is 19.1 Å². The van der Waals surface area contributed by atoms with Crippen molar-refractivity contribution >= 4 is 22.0 Å². The van der Waals surface area contributed by atoms with Gasteiger partial charge in [-0.3, -0.25) is 14.3 Å². The van der Waals surface area contributed by atoms with Crippen molar-refractivity contribution in [3.05, 3.63) is 37.6 Å². The Kier molecular flexibility index (Phi) is 6.09. The van der Waals surface area contributed by atoms with Gasteiger partial charge in [-0.2, -0.15) is 0 Å². The lowest BCUT2D eigenvalue weighted by Crippen LogP contribution is -2.33. The Morgan fingerprint density at radius 2 is 2.36 bits per heavy atom. The van der Waals surface area contributed by atoms with E-state index in [1.54, 1.807) is 0 Å². The Morgan fingerprint density at radius 3 is 3.05 bits per heavy atom. The highest BCUT2D eigenvalue weighted by molar-refractivity contribution is 9.11. The fourth-order valence-corrected chi connectivity index (χ4v) is 2.47. The van der Waals surface area contributed by atoms with Crippen molar-refractivity contribution in [1.29, 1.82) is 0 Å². The SMILES string of the molecule is COCOC[C@H]1O[C@@H](n2cc(C=CBr)c(=O)[nH]c2=O)C[C@@H]1O. The summed E-state index contributed by atoms with van der Waals surface area (Å²) >= 11 is 3.08. The fraction of sp³-hybridized carbons (Fsp3) is 0.538. The number of halogens is 1. The molecule has 1 aromatic heterocycles. The van der Waals surface area contributed by atoms with Crippen LogP contribution in [0, 0.1) is 0 Å². The molecule has 2 heterocycles. The van der Waals surface area contributed by atoms with E-state index in [4.69, 9.17) is 14.2 Å². The van der Waals surface area contributed by atoms with Gasteiger partial charge < -0.3 is 19.3 Å². The van der Waals surface area contributed by atoms with Crippen molar-refractivity contribution in [2.75, 3.05) is 20.5 Å². The van der Waals surface area contributed by atoms with Gasteiger partial charge >= 0.3 is 5.69 Å². The summed E-state index contributed by atoms with van der Waals surface area (Å²) in [7, 11) is 1.49. The highest BCUT2D eigenvalue weighted by Crippen LogP contribution is 2.27. The molecule has 0 unspecified atom stereocenters. The molecule has 0 spiro atoms.